The highest BCUT2D eigenvalue weighted by molar-refractivity contribution is 7.92. The van der Waals surface area contributed by atoms with Gasteiger partial charge in [0.05, 0.1) is 22.8 Å². The molecular weight excluding hydrogens is 408 g/mol. The zero-order valence-electron chi connectivity index (χ0n) is 17.4. The van der Waals surface area contributed by atoms with E-state index in [2.05, 4.69) is 5.32 Å². The largest absolute Gasteiger partial charge is 0.452 e. The fourth-order valence-corrected chi connectivity index (χ4v) is 3.83. The van der Waals surface area contributed by atoms with Gasteiger partial charge in [0.15, 0.2) is 6.61 Å². The third-order valence-corrected chi connectivity index (χ3v) is 6.10. The van der Waals surface area contributed by atoms with E-state index in [0.29, 0.717) is 12.3 Å². The number of amides is 1. The number of ether oxygens (including phenoxy) is 2. The van der Waals surface area contributed by atoms with Crippen molar-refractivity contribution >= 4 is 27.6 Å². The van der Waals surface area contributed by atoms with Crippen LogP contribution in [0.15, 0.2) is 53.4 Å². The highest BCUT2D eigenvalue weighted by Crippen LogP contribution is 2.22. The standard InChI is InChI=1S/C21H26N2O6S/c1-15-5-11-19(12-6-15)30(26,27)23(3)18-9-7-17(8-10-18)21(25)29-14-20(24)22-16(2)13-28-4/h5-12,16H,13-14H2,1-4H3,(H,22,24). The molecule has 0 aliphatic carbocycles. The number of carbonyl (C=O) groups is 2. The van der Waals surface area contributed by atoms with E-state index in [0.717, 1.165) is 9.87 Å². The van der Waals surface area contributed by atoms with Gasteiger partial charge in [0, 0.05) is 20.2 Å². The Kier molecular flexibility index (Phi) is 7.96. The van der Waals surface area contributed by atoms with Crippen LogP contribution in [0.4, 0.5) is 5.69 Å². The molecule has 0 fully saturated rings. The van der Waals surface area contributed by atoms with Gasteiger partial charge >= 0.3 is 5.97 Å². The van der Waals surface area contributed by atoms with Crippen molar-refractivity contribution in [2.75, 3.05) is 31.7 Å². The second-order valence-corrected chi connectivity index (χ2v) is 8.80. The van der Waals surface area contributed by atoms with E-state index in [1.54, 1.807) is 31.2 Å². The lowest BCUT2D eigenvalue weighted by Gasteiger charge is -2.20. The molecule has 0 aliphatic rings. The molecule has 0 spiro atoms. The van der Waals surface area contributed by atoms with Gasteiger partial charge in [0.25, 0.3) is 15.9 Å². The molecule has 1 unspecified atom stereocenters. The number of esters is 1. The Morgan fingerprint density at radius 3 is 2.23 bits per heavy atom. The molecule has 2 aromatic rings. The highest BCUT2D eigenvalue weighted by Gasteiger charge is 2.21. The first-order valence-electron chi connectivity index (χ1n) is 9.26. The minimum Gasteiger partial charge on any atom is -0.452 e. The first-order valence-corrected chi connectivity index (χ1v) is 10.7. The number of anilines is 1. The Hall–Kier alpha value is -2.91. The molecule has 0 saturated carbocycles. The molecule has 1 amide bonds. The predicted octanol–water partition coefficient (Wildman–Crippen LogP) is 2.13. The zero-order chi connectivity index (χ0) is 22.3. The SMILES string of the molecule is COCC(C)NC(=O)COC(=O)c1ccc(N(C)S(=O)(=O)c2ccc(C)cc2)cc1. The number of nitrogens with one attached hydrogen (secondary N) is 1. The average Bonchev–Trinajstić information content (AvgIpc) is 2.72. The second-order valence-electron chi connectivity index (χ2n) is 6.83. The molecule has 8 nitrogen and oxygen atoms in total. The van der Waals surface area contributed by atoms with Crippen molar-refractivity contribution in [2.24, 2.45) is 0 Å². The van der Waals surface area contributed by atoms with Crippen LogP contribution in [0.5, 0.6) is 0 Å². The molecule has 1 atom stereocenters. The van der Waals surface area contributed by atoms with E-state index in [-0.39, 0.29) is 16.5 Å². The van der Waals surface area contributed by atoms with Crippen molar-refractivity contribution in [2.45, 2.75) is 24.8 Å². The van der Waals surface area contributed by atoms with Gasteiger partial charge in [0.2, 0.25) is 0 Å². The van der Waals surface area contributed by atoms with Gasteiger partial charge < -0.3 is 14.8 Å². The highest BCUT2D eigenvalue weighted by atomic mass is 32.2. The third-order valence-electron chi connectivity index (χ3n) is 4.30. The lowest BCUT2D eigenvalue weighted by molar-refractivity contribution is -0.125. The number of aryl methyl sites for hydroxylation is 1. The third kappa shape index (κ3) is 6.04. The van der Waals surface area contributed by atoms with Gasteiger partial charge in [-0.25, -0.2) is 13.2 Å². The summed E-state index contributed by atoms with van der Waals surface area (Å²) >= 11 is 0. The number of hydrogen-bond donors (Lipinski definition) is 1. The minimum absolute atomic E-state index is 0.174. The molecule has 9 heteroatoms. The molecule has 0 heterocycles. The summed E-state index contributed by atoms with van der Waals surface area (Å²) in [4.78, 5) is 24.1. The molecule has 2 rings (SSSR count). The van der Waals surface area contributed by atoms with Crippen LogP contribution in [0.25, 0.3) is 0 Å². The van der Waals surface area contributed by atoms with Crippen molar-refractivity contribution < 1.29 is 27.5 Å². The molecule has 0 bridgehead atoms. The molecule has 2 aromatic carbocycles. The van der Waals surface area contributed by atoms with E-state index in [9.17, 15) is 18.0 Å². The summed E-state index contributed by atoms with van der Waals surface area (Å²) in [5, 5.41) is 2.63. The monoisotopic (exact) mass is 434 g/mol. The lowest BCUT2D eigenvalue weighted by Crippen LogP contribution is -2.38. The second kappa shape index (κ2) is 10.2. The summed E-state index contributed by atoms with van der Waals surface area (Å²) in [7, 11) is -0.764. The van der Waals surface area contributed by atoms with E-state index in [1.807, 2.05) is 6.92 Å². The normalized spacial score (nSPS) is 12.1. The smallest absolute Gasteiger partial charge is 0.338 e. The summed E-state index contributed by atoms with van der Waals surface area (Å²) in [5.41, 5.74) is 1.55. The van der Waals surface area contributed by atoms with E-state index >= 15 is 0 Å². The maximum atomic E-state index is 12.8. The molecule has 0 radical (unpaired) electrons. The van der Waals surface area contributed by atoms with E-state index < -0.39 is 28.5 Å². The number of nitrogens with zero attached hydrogens (tertiary/aromatic N) is 1. The predicted molar refractivity (Wildman–Crippen MR) is 113 cm³/mol. The minimum atomic E-state index is -3.73. The molecule has 1 N–H and O–H groups in total. The van der Waals surface area contributed by atoms with Gasteiger partial charge in [-0.3, -0.25) is 9.10 Å². The summed E-state index contributed by atoms with van der Waals surface area (Å²) in [6.45, 7) is 3.57. The van der Waals surface area contributed by atoms with Crippen LogP contribution in [-0.2, 0) is 24.3 Å². The van der Waals surface area contributed by atoms with Crippen molar-refractivity contribution in [3.05, 3.63) is 59.7 Å². The van der Waals surface area contributed by atoms with Gasteiger partial charge in [-0.15, -0.1) is 0 Å². The summed E-state index contributed by atoms with van der Waals surface area (Å²) in [6, 6.07) is 12.3. The summed E-state index contributed by atoms with van der Waals surface area (Å²) in [5.74, 6) is -1.12. The number of hydrogen-bond acceptors (Lipinski definition) is 6. The van der Waals surface area contributed by atoms with Gasteiger partial charge in [-0.2, -0.15) is 0 Å². The fraction of sp³-hybridized carbons (Fsp3) is 0.333. The summed E-state index contributed by atoms with van der Waals surface area (Å²) < 4.78 is 36.6. The van der Waals surface area contributed by atoms with E-state index in [1.165, 1.54) is 38.4 Å². The maximum Gasteiger partial charge on any atom is 0.338 e. The number of sulfonamides is 1. The topological polar surface area (TPSA) is 102 Å². The Morgan fingerprint density at radius 1 is 1.07 bits per heavy atom. The number of rotatable bonds is 9. The van der Waals surface area contributed by atoms with Crippen LogP contribution >= 0.6 is 0 Å². The number of benzene rings is 2. The van der Waals surface area contributed by atoms with E-state index in [4.69, 9.17) is 9.47 Å². The maximum absolute atomic E-state index is 12.8. The van der Waals surface area contributed by atoms with Crippen molar-refractivity contribution in [1.82, 2.24) is 5.32 Å². The van der Waals surface area contributed by atoms with Crippen LogP contribution in [0, 0.1) is 6.92 Å². The average molecular weight is 435 g/mol. The Balaban J connectivity index is 2.00. The molecule has 0 saturated heterocycles. The fourth-order valence-electron chi connectivity index (χ4n) is 2.64. The molecule has 0 aliphatic heterocycles. The van der Waals surface area contributed by atoms with Crippen LogP contribution < -0.4 is 9.62 Å². The molecule has 162 valence electrons. The number of methoxy groups -OCH3 is 1. The molecular formula is C21H26N2O6S. The van der Waals surface area contributed by atoms with Gasteiger partial charge in [-0.05, 0) is 50.2 Å². The van der Waals surface area contributed by atoms with Crippen LogP contribution in [0.2, 0.25) is 0 Å². The Labute approximate surface area is 176 Å². The quantitative estimate of drug-likeness (QED) is 0.607. The van der Waals surface area contributed by atoms with Gasteiger partial charge in [0.1, 0.15) is 0 Å². The van der Waals surface area contributed by atoms with Crippen molar-refractivity contribution in [3.63, 3.8) is 0 Å². The lowest BCUT2D eigenvalue weighted by atomic mass is 10.2. The van der Waals surface area contributed by atoms with Crippen LogP contribution in [-0.4, -0.2) is 53.7 Å². The van der Waals surface area contributed by atoms with Crippen LogP contribution in [0.3, 0.4) is 0 Å². The zero-order valence-corrected chi connectivity index (χ0v) is 18.2. The summed E-state index contributed by atoms with van der Waals surface area (Å²) in [6.07, 6.45) is 0. The first kappa shape index (κ1) is 23.4. The first-order chi connectivity index (χ1) is 14.1. The molecule has 0 aromatic heterocycles. The van der Waals surface area contributed by atoms with Gasteiger partial charge in [-0.1, -0.05) is 17.7 Å². The number of carbonyl (C=O) groups excluding carboxylic acids is 2. The van der Waals surface area contributed by atoms with Crippen molar-refractivity contribution in [3.8, 4) is 0 Å². The Morgan fingerprint density at radius 2 is 1.67 bits per heavy atom. The van der Waals surface area contributed by atoms with Crippen molar-refractivity contribution in [1.29, 1.82) is 0 Å². The molecule has 30 heavy (non-hydrogen) atoms. The Bertz CT molecular complexity index is 972. The van der Waals surface area contributed by atoms with Crippen LogP contribution in [0.1, 0.15) is 22.8 Å².